The van der Waals surface area contributed by atoms with Gasteiger partial charge in [-0.3, -0.25) is 0 Å². The van der Waals surface area contributed by atoms with Crippen LogP contribution in [-0.2, 0) is 33.2 Å². The number of rotatable bonds is 10. The van der Waals surface area contributed by atoms with Crippen molar-refractivity contribution in [3.8, 4) is 0 Å². The van der Waals surface area contributed by atoms with Gasteiger partial charge in [0, 0.05) is 0 Å². The second kappa shape index (κ2) is 15.6. The molecule has 14 N–H and O–H groups in total. The highest BCUT2D eigenvalue weighted by Crippen LogP contribution is 2.32. The molecule has 0 bridgehead atoms. The molecule has 0 radical (unpaired) electrons. The molecule has 264 valence electrons. The number of ether oxygens (including phenoxy) is 7. The van der Waals surface area contributed by atoms with Crippen LogP contribution in [0, 0.1) is 0 Å². The summed E-state index contributed by atoms with van der Waals surface area (Å²) < 4.78 is 37.9. The maximum atomic E-state index is 10.8. The van der Waals surface area contributed by atoms with Crippen molar-refractivity contribution in [1.29, 1.82) is 0 Å². The van der Waals surface area contributed by atoms with E-state index in [9.17, 15) is 71.5 Å². The molecule has 4 fully saturated rings. The number of hydrogen-bond donors (Lipinski definition) is 14. The Morgan fingerprint density at radius 1 is 0.356 bits per heavy atom. The molecule has 4 aliphatic rings. The summed E-state index contributed by atoms with van der Waals surface area (Å²) in [5.41, 5.74) is 0. The molecule has 0 saturated carbocycles. The zero-order chi connectivity index (χ0) is 33.3. The predicted molar refractivity (Wildman–Crippen MR) is 134 cm³/mol. The van der Waals surface area contributed by atoms with E-state index in [-0.39, 0.29) is 0 Å². The van der Waals surface area contributed by atoms with Crippen molar-refractivity contribution in [1.82, 2.24) is 0 Å². The third-order valence-electron chi connectivity index (χ3n) is 8.18. The zero-order valence-electron chi connectivity index (χ0n) is 23.5. The molecule has 4 heterocycles. The Morgan fingerprint density at radius 2 is 0.667 bits per heavy atom. The molecular formula is C24H42O21. The van der Waals surface area contributed by atoms with Gasteiger partial charge in [-0.05, 0) is 0 Å². The minimum atomic E-state index is -1.97. The third-order valence-corrected chi connectivity index (χ3v) is 8.18. The topological polar surface area (TPSA) is 348 Å². The summed E-state index contributed by atoms with van der Waals surface area (Å²) in [5.74, 6) is 0. The largest absolute Gasteiger partial charge is 0.394 e. The van der Waals surface area contributed by atoms with Crippen LogP contribution in [0.15, 0.2) is 0 Å². The van der Waals surface area contributed by atoms with E-state index in [4.69, 9.17) is 33.2 Å². The molecule has 0 aromatic heterocycles. The van der Waals surface area contributed by atoms with Crippen LogP contribution in [0.1, 0.15) is 0 Å². The summed E-state index contributed by atoms with van der Waals surface area (Å²) in [4.78, 5) is 0. The summed E-state index contributed by atoms with van der Waals surface area (Å²) in [7, 11) is 0. The fourth-order valence-corrected chi connectivity index (χ4v) is 5.34. The van der Waals surface area contributed by atoms with E-state index in [1.165, 1.54) is 0 Å². The average molecular weight is 667 g/mol. The smallest absolute Gasteiger partial charge is 0.190 e. The summed E-state index contributed by atoms with van der Waals surface area (Å²) in [6.45, 7) is -3.19. The molecule has 21 nitrogen and oxygen atoms in total. The van der Waals surface area contributed by atoms with E-state index in [0.717, 1.165) is 0 Å². The van der Waals surface area contributed by atoms with Crippen molar-refractivity contribution < 1.29 is 105 Å². The number of aliphatic hydroxyl groups is 14. The fraction of sp³-hybridized carbons (Fsp3) is 1.00. The minimum absolute atomic E-state index is 0.768. The molecule has 0 aromatic rings. The maximum Gasteiger partial charge on any atom is 0.190 e. The zero-order valence-corrected chi connectivity index (χ0v) is 23.5. The van der Waals surface area contributed by atoms with Crippen molar-refractivity contribution in [2.45, 2.75) is 123 Å². The minimum Gasteiger partial charge on any atom is -0.394 e. The summed E-state index contributed by atoms with van der Waals surface area (Å²) in [5, 5.41) is 142. The molecule has 4 saturated heterocycles. The van der Waals surface area contributed by atoms with Crippen LogP contribution in [0.25, 0.3) is 0 Å². The van der Waals surface area contributed by atoms with Crippen LogP contribution in [0.2, 0.25) is 0 Å². The van der Waals surface area contributed by atoms with Crippen molar-refractivity contribution in [2.75, 3.05) is 26.4 Å². The van der Waals surface area contributed by atoms with Crippen LogP contribution in [0.5, 0.6) is 0 Å². The van der Waals surface area contributed by atoms with Crippen molar-refractivity contribution in [2.24, 2.45) is 0 Å². The Hall–Kier alpha value is -0.840. The van der Waals surface area contributed by atoms with Gasteiger partial charge in [0.05, 0.1) is 26.4 Å². The van der Waals surface area contributed by atoms with Crippen LogP contribution < -0.4 is 0 Å². The molecule has 21 heteroatoms. The summed E-state index contributed by atoms with van der Waals surface area (Å²) in [6, 6.07) is 0. The Balaban J connectivity index is 1.47. The monoisotopic (exact) mass is 666 g/mol. The Morgan fingerprint density at radius 3 is 1.07 bits per heavy atom. The average Bonchev–Trinajstić information content (AvgIpc) is 3.03. The Kier molecular flexibility index (Phi) is 12.8. The Labute approximate surface area is 254 Å². The van der Waals surface area contributed by atoms with Crippen molar-refractivity contribution >= 4 is 0 Å². The van der Waals surface area contributed by atoms with Gasteiger partial charge >= 0.3 is 0 Å². The third kappa shape index (κ3) is 7.59. The highest BCUT2D eigenvalue weighted by atomic mass is 16.8. The van der Waals surface area contributed by atoms with Gasteiger partial charge in [0.1, 0.15) is 97.7 Å². The van der Waals surface area contributed by atoms with Gasteiger partial charge in [-0.2, -0.15) is 0 Å². The summed E-state index contributed by atoms with van der Waals surface area (Å²) in [6.07, 6.45) is -35.3. The normalized spacial score (nSPS) is 52.9. The van der Waals surface area contributed by atoms with Gasteiger partial charge < -0.3 is 105 Å². The van der Waals surface area contributed by atoms with Gasteiger partial charge in [0.25, 0.3) is 0 Å². The second-order valence-electron chi connectivity index (χ2n) is 11.2. The fourth-order valence-electron chi connectivity index (χ4n) is 5.34. The van der Waals surface area contributed by atoms with Gasteiger partial charge in [0.2, 0.25) is 0 Å². The first-order chi connectivity index (χ1) is 21.2. The first-order valence-corrected chi connectivity index (χ1v) is 14.1. The van der Waals surface area contributed by atoms with Crippen LogP contribution in [0.3, 0.4) is 0 Å². The van der Waals surface area contributed by atoms with Gasteiger partial charge in [-0.15, -0.1) is 0 Å². The van der Waals surface area contributed by atoms with E-state index >= 15 is 0 Å². The highest BCUT2D eigenvalue weighted by Gasteiger charge is 2.53. The quantitative estimate of drug-likeness (QED) is 0.103. The van der Waals surface area contributed by atoms with Crippen molar-refractivity contribution in [3.63, 3.8) is 0 Å². The molecular weight excluding hydrogens is 624 g/mol. The molecule has 4 aliphatic heterocycles. The molecule has 45 heavy (non-hydrogen) atoms. The van der Waals surface area contributed by atoms with Crippen LogP contribution in [0.4, 0.5) is 0 Å². The van der Waals surface area contributed by atoms with Crippen molar-refractivity contribution in [3.05, 3.63) is 0 Å². The lowest BCUT2D eigenvalue weighted by atomic mass is 9.97. The highest BCUT2D eigenvalue weighted by molar-refractivity contribution is 4.95. The first-order valence-electron chi connectivity index (χ1n) is 14.1. The lowest BCUT2D eigenvalue weighted by Crippen LogP contribution is -2.65. The lowest BCUT2D eigenvalue weighted by molar-refractivity contribution is -0.389. The van der Waals surface area contributed by atoms with E-state index in [0.29, 0.717) is 0 Å². The molecule has 20 unspecified atom stereocenters. The molecule has 20 atom stereocenters. The lowest BCUT2D eigenvalue weighted by Gasteiger charge is -2.47. The SMILES string of the molecule is OCC1OC(OC2OC(COC3C(OC4OC(CO)C(O)C(O)C4O)OC(CO)C(O)C3O)C(O)C(O)C2O)C(O)C(O)C1O. The maximum absolute atomic E-state index is 10.8. The van der Waals surface area contributed by atoms with Crippen LogP contribution in [-0.4, -0.2) is 221 Å². The molecule has 4 rings (SSSR count). The molecule has 0 aromatic carbocycles. The van der Waals surface area contributed by atoms with Gasteiger partial charge in [-0.1, -0.05) is 0 Å². The molecule has 0 amide bonds. The van der Waals surface area contributed by atoms with E-state index in [1.807, 2.05) is 0 Å². The van der Waals surface area contributed by atoms with E-state index in [2.05, 4.69) is 0 Å². The van der Waals surface area contributed by atoms with E-state index in [1.54, 1.807) is 0 Å². The van der Waals surface area contributed by atoms with E-state index < -0.39 is 149 Å². The summed E-state index contributed by atoms with van der Waals surface area (Å²) >= 11 is 0. The molecule has 0 spiro atoms. The number of aliphatic hydroxyl groups excluding tert-OH is 14. The standard InChI is InChI=1S/C24H42O21/c25-1-5-9(28)13(32)17(36)21(40-5)44-23-19(38)15(34)12(31)8(43-23)4-39-20-16(35)11(30)7(3-27)42-24(20)45-22-18(37)14(33)10(29)6(2-26)41-22/h5-38H,1-4H2. The number of hydrogen-bond acceptors (Lipinski definition) is 21. The van der Waals surface area contributed by atoms with Crippen LogP contribution >= 0.6 is 0 Å². The Bertz CT molecular complexity index is 914. The van der Waals surface area contributed by atoms with Gasteiger partial charge in [0.15, 0.2) is 25.2 Å². The predicted octanol–water partition coefficient (Wildman–Crippen LogP) is -9.75. The first kappa shape index (κ1) is 37.0. The second-order valence-corrected chi connectivity index (χ2v) is 11.2. The molecule has 0 aliphatic carbocycles. The van der Waals surface area contributed by atoms with Gasteiger partial charge in [-0.25, -0.2) is 0 Å².